The molecule has 2 aliphatic heterocycles. The molecule has 0 aliphatic carbocycles. The fourth-order valence-electron chi connectivity index (χ4n) is 5.34. The van der Waals surface area contributed by atoms with Gasteiger partial charge in [0, 0.05) is 31.1 Å². The first kappa shape index (κ1) is 33.0. The highest BCUT2D eigenvalue weighted by Crippen LogP contribution is 2.29. The van der Waals surface area contributed by atoms with Gasteiger partial charge in [-0.05, 0) is 59.8 Å². The molecule has 5 atom stereocenters. The van der Waals surface area contributed by atoms with Crippen molar-refractivity contribution in [3.8, 4) is 0 Å². The molecule has 2 unspecified atom stereocenters. The van der Waals surface area contributed by atoms with Crippen molar-refractivity contribution in [2.45, 2.75) is 129 Å². The van der Waals surface area contributed by atoms with Gasteiger partial charge in [0.2, 0.25) is 23.6 Å². The summed E-state index contributed by atoms with van der Waals surface area (Å²) in [4.78, 5) is 52.0. The van der Waals surface area contributed by atoms with Gasteiger partial charge in [0.05, 0.1) is 29.5 Å². The highest BCUT2D eigenvalue weighted by Gasteiger charge is 2.43. The summed E-state index contributed by atoms with van der Waals surface area (Å²) in [6.45, 7) is 9.07. The number of hydrogen-bond donors (Lipinski definition) is 6. The van der Waals surface area contributed by atoms with Gasteiger partial charge in [-0.3, -0.25) is 19.2 Å². The first-order chi connectivity index (χ1) is 18.3. The Labute approximate surface area is 233 Å². The highest BCUT2D eigenvalue weighted by molar-refractivity contribution is 5.87. The summed E-state index contributed by atoms with van der Waals surface area (Å²) in [6.07, 6.45) is 7.29. The van der Waals surface area contributed by atoms with Crippen LogP contribution < -0.4 is 21.3 Å². The third-order valence-corrected chi connectivity index (χ3v) is 8.43. The molecule has 10 nitrogen and oxygen atoms in total. The van der Waals surface area contributed by atoms with Crippen molar-refractivity contribution >= 4 is 23.6 Å². The SMILES string of the molecule is CCCCCCC[C@H](O)C(C)(C)C(=O)N[C@H]1CCCNC(=O)C1C1CC[C@H](NC(=O)C(C)(C)CO)CC(=O)N1. The molecule has 0 spiro atoms. The Morgan fingerprint density at radius 1 is 1.00 bits per heavy atom. The molecule has 6 N–H and O–H groups in total. The van der Waals surface area contributed by atoms with Crippen molar-refractivity contribution in [2.24, 2.45) is 16.7 Å². The fraction of sp³-hybridized carbons (Fsp3) is 0.862. The van der Waals surface area contributed by atoms with E-state index >= 15 is 0 Å². The van der Waals surface area contributed by atoms with Gasteiger partial charge in [0.1, 0.15) is 0 Å². The Kier molecular flexibility index (Phi) is 12.7. The maximum atomic E-state index is 13.4. The number of aliphatic hydroxyl groups excluding tert-OH is 2. The summed E-state index contributed by atoms with van der Waals surface area (Å²) in [5, 5.41) is 32.2. The van der Waals surface area contributed by atoms with Crippen LogP contribution in [0.2, 0.25) is 0 Å². The minimum absolute atomic E-state index is 0.0760. The molecule has 0 saturated carbocycles. The monoisotopic (exact) mass is 552 g/mol. The smallest absolute Gasteiger partial charge is 0.228 e. The standard InChI is InChI=1S/C29H52N4O6/c1-6-7-8-9-10-13-22(35)29(4,5)27(39)33-20-12-11-16-30-25(37)24(20)21-15-14-19(17-23(36)32-21)31-26(38)28(2,3)18-34/h19-22,24,34-35H,6-18H2,1-5H3,(H,30,37)(H,31,38)(H,32,36)(H,33,39)/t19-,20-,21?,22-,24?/m0/s1. The number of aliphatic hydroxyl groups is 2. The second kappa shape index (κ2) is 15.0. The Balaban J connectivity index is 2.10. The number of hydrogen-bond acceptors (Lipinski definition) is 6. The zero-order valence-electron chi connectivity index (χ0n) is 24.6. The van der Waals surface area contributed by atoms with Gasteiger partial charge in [-0.1, -0.05) is 39.0 Å². The molecule has 2 saturated heterocycles. The van der Waals surface area contributed by atoms with Crippen LogP contribution >= 0.6 is 0 Å². The van der Waals surface area contributed by atoms with E-state index in [-0.39, 0.29) is 36.7 Å². The number of unbranched alkanes of at least 4 members (excludes halogenated alkanes) is 4. The van der Waals surface area contributed by atoms with Crippen molar-refractivity contribution < 1.29 is 29.4 Å². The van der Waals surface area contributed by atoms with E-state index in [1.54, 1.807) is 27.7 Å². The molecule has 0 bridgehead atoms. The molecule has 0 radical (unpaired) electrons. The molecular weight excluding hydrogens is 500 g/mol. The van der Waals surface area contributed by atoms with Gasteiger partial charge in [0.25, 0.3) is 0 Å². The summed E-state index contributed by atoms with van der Waals surface area (Å²) >= 11 is 0. The molecule has 0 aromatic carbocycles. The number of amides is 4. The second-order valence-corrected chi connectivity index (χ2v) is 12.6. The quantitative estimate of drug-likeness (QED) is 0.192. The lowest BCUT2D eigenvalue weighted by molar-refractivity contribution is -0.137. The van der Waals surface area contributed by atoms with Crippen LogP contribution in [0.1, 0.15) is 105 Å². The zero-order chi connectivity index (χ0) is 29.2. The van der Waals surface area contributed by atoms with Crippen LogP contribution in [0, 0.1) is 16.7 Å². The van der Waals surface area contributed by atoms with Crippen molar-refractivity contribution in [3.05, 3.63) is 0 Å². The van der Waals surface area contributed by atoms with Gasteiger partial charge in [0.15, 0.2) is 0 Å². The third kappa shape index (κ3) is 9.45. The molecular formula is C29H52N4O6. The van der Waals surface area contributed by atoms with E-state index in [4.69, 9.17) is 0 Å². The largest absolute Gasteiger partial charge is 0.395 e. The Morgan fingerprint density at radius 2 is 1.69 bits per heavy atom. The van der Waals surface area contributed by atoms with Crippen LogP contribution in [0.25, 0.3) is 0 Å². The van der Waals surface area contributed by atoms with E-state index < -0.39 is 41.0 Å². The van der Waals surface area contributed by atoms with Gasteiger partial charge in [-0.25, -0.2) is 0 Å². The molecule has 2 heterocycles. The van der Waals surface area contributed by atoms with Crippen LogP contribution in [0.5, 0.6) is 0 Å². The maximum Gasteiger partial charge on any atom is 0.228 e. The lowest BCUT2D eigenvalue weighted by Crippen LogP contribution is -2.57. The summed E-state index contributed by atoms with van der Waals surface area (Å²) in [5.74, 6) is -1.80. The number of carbonyl (C=O) groups excluding carboxylic acids is 4. The Hall–Kier alpha value is -2.20. The molecule has 224 valence electrons. The van der Waals surface area contributed by atoms with E-state index in [0.29, 0.717) is 38.6 Å². The van der Waals surface area contributed by atoms with Crippen LogP contribution in [-0.4, -0.2) is 71.2 Å². The topological polar surface area (TPSA) is 157 Å². The van der Waals surface area contributed by atoms with Gasteiger partial charge in [-0.15, -0.1) is 0 Å². The van der Waals surface area contributed by atoms with Crippen molar-refractivity contribution in [1.82, 2.24) is 21.3 Å². The first-order valence-corrected chi connectivity index (χ1v) is 14.8. The summed E-state index contributed by atoms with van der Waals surface area (Å²) in [5.41, 5.74) is -1.99. The summed E-state index contributed by atoms with van der Waals surface area (Å²) < 4.78 is 0. The lowest BCUT2D eigenvalue weighted by Gasteiger charge is -2.35. The lowest BCUT2D eigenvalue weighted by atomic mass is 9.81. The molecule has 2 aliphatic rings. The van der Waals surface area contributed by atoms with Crippen molar-refractivity contribution in [3.63, 3.8) is 0 Å². The van der Waals surface area contributed by atoms with Gasteiger partial charge in [-0.2, -0.15) is 0 Å². The van der Waals surface area contributed by atoms with Gasteiger partial charge < -0.3 is 31.5 Å². The van der Waals surface area contributed by atoms with E-state index in [0.717, 1.165) is 32.1 Å². The van der Waals surface area contributed by atoms with Crippen LogP contribution in [0.4, 0.5) is 0 Å². The predicted octanol–water partition coefficient (Wildman–Crippen LogP) is 1.92. The number of carbonyl (C=O) groups is 4. The minimum Gasteiger partial charge on any atom is -0.395 e. The van der Waals surface area contributed by atoms with Crippen molar-refractivity contribution in [2.75, 3.05) is 13.2 Å². The molecule has 39 heavy (non-hydrogen) atoms. The molecule has 2 fully saturated rings. The maximum absolute atomic E-state index is 13.4. The summed E-state index contributed by atoms with van der Waals surface area (Å²) in [7, 11) is 0. The Bertz CT molecular complexity index is 846. The molecule has 4 amide bonds. The van der Waals surface area contributed by atoms with Gasteiger partial charge >= 0.3 is 0 Å². The minimum atomic E-state index is -1.03. The molecule has 0 aromatic heterocycles. The predicted molar refractivity (Wildman–Crippen MR) is 149 cm³/mol. The average molecular weight is 553 g/mol. The molecule has 10 heteroatoms. The number of nitrogens with one attached hydrogen (secondary N) is 4. The third-order valence-electron chi connectivity index (χ3n) is 8.43. The highest BCUT2D eigenvalue weighted by atomic mass is 16.3. The number of rotatable bonds is 13. The Morgan fingerprint density at radius 3 is 2.36 bits per heavy atom. The average Bonchev–Trinajstić information content (AvgIpc) is 3.17. The second-order valence-electron chi connectivity index (χ2n) is 12.6. The fourth-order valence-corrected chi connectivity index (χ4v) is 5.34. The zero-order valence-corrected chi connectivity index (χ0v) is 24.6. The van der Waals surface area contributed by atoms with E-state index in [1.807, 2.05) is 0 Å². The van der Waals surface area contributed by atoms with Crippen molar-refractivity contribution in [1.29, 1.82) is 0 Å². The molecule has 0 aromatic rings. The van der Waals surface area contributed by atoms with E-state index in [1.165, 1.54) is 0 Å². The van der Waals surface area contributed by atoms with E-state index in [9.17, 15) is 29.4 Å². The van der Waals surface area contributed by atoms with E-state index in [2.05, 4.69) is 28.2 Å². The summed E-state index contributed by atoms with van der Waals surface area (Å²) in [6, 6.07) is -1.43. The van der Waals surface area contributed by atoms with Crippen LogP contribution in [0.3, 0.4) is 0 Å². The van der Waals surface area contributed by atoms with Crippen LogP contribution in [0.15, 0.2) is 0 Å². The first-order valence-electron chi connectivity index (χ1n) is 14.8. The normalized spacial score (nSPS) is 25.5. The van der Waals surface area contributed by atoms with Crippen LogP contribution in [-0.2, 0) is 19.2 Å². The molecule has 2 rings (SSSR count).